The smallest absolute Gasteiger partial charge is 0.340 e. The monoisotopic (exact) mass is 351 g/mol. The third-order valence-corrected chi connectivity index (χ3v) is 4.25. The van der Waals surface area contributed by atoms with Crippen molar-refractivity contribution in [3.63, 3.8) is 0 Å². The third kappa shape index (κ3) is 2.96. The lowest BCUT2D eigenvalue weighted by Crippen LogP contribution is -2.06. The number of fused-ring (bicyclic) bond motifs is 1. The van der Waals surface area contributed by atoms with Gasteiger partial charge in [0.05, 0.1) is 30.0 Å². The van der Waals surface area contributed by atoms with Crippen molar-refractivity contribution in [3.05, 3.63) is 59.4 Å². The SMILES string of the molecule is CCOC(=O)c1c(-c2ccc(OCC)cc2C)c(C=O)n2ccccc12. The minimum atomic E-state index is -0.437. The van der Waals surface area contributed by atoms with Gasteiger partial charge in [-0.05, 0) is 56.2 Å². The number of aryl methyl sites for hydroxylation is 1. The molecular formula is C21H21NO4. The van der Waals surface area contributed by atoms with E-state index in [2.05, 4.69) is 0 Å². The molecular weight excluding hydrogens is 330 g/mol. The van der Waals surface area contributed by atoms with Crippen molar-refractivity contribution in [1.29, 1.82) is 0 Å². The molecule has 0 atom stereocenters. The van der Waals surface area contributed by atoms with Gasteiger partial charge >= 0.3 is 5.97 Å². The molecule has 0 spiro atoms. The predicted octanol–water partition coefficient (Wildman–Crippen LogP) is 4.30. The highest BCUT2D eigenvalue weighted by molar-refractivity contribution is 6.09. The summed E-state index contributed by atoms with van der Waals surface area (Å²) in [5.41, 5.74) is 3.79. The highest BCUT2D eigenvalue weighted by Gasteiger charge is 2.26. The van der Waals surface area contributed by atoms with Gasteiger partial charge in [-0.25, -0.2) is 4.79 Å². The Labute approximate surface area is 152 Å². The van der Waals surface area contributed by atoms with Gasteiger partial charge in [0.1, 0.15) is 5.75 Å². The van der Waals surface area contributed by atoms with E-state index in [-0.39, 0.29) is 6.61 Å². The first-order chi connectivity index (χ1) is 12.6. The second-order valence-corrected chi connectivity index (χ2v) is 5.84. The average Bonchev–Trinajstić information content (AvgIpc) is 2.96. The summed E-state index contributed by atoms with van der Waals surface area (Å²) in [6.07, 6.45) is 2.55. The van der Waals surface area contributed by atoms with Crippen molar-refractivity contribution in [3.8, 4) is 16.9 Å². The topological polar surface area (TPSA) is 57.0 Å². The van der Waals surface area contributed by atoms with Gasteiger partial charge in [0, 0.05) is 11.8 Å². The van der Waals surface area contributed by atoms with E-state index in [1.165, 1.54) is 0 Å². The zero-order valence-electron chi connectivity index (χ0n) is 15.1. The molecule has 0 saturated carbocycles. The van der Waals surface area contributed by atoms with Crippen molar-refractivity contribution in [2.24, 2.45) is 0 Å². The number of carbonyl (C=O) groups is 2. The highest BCUT2D eigenvalue weighted by atomic mass is 16.5. The lowest BCUT2D eigenvalue weighted by atomic mass is 9.96. The number of hydrogen-bond acceptors (Lipinski definition) is 4. The van der Waals surface area contributed by atoms with Crippen LogP contribution in [0.5, 0.6) is 5.75 Å². The van der Waals surface area contributed by atoms with Gasteiger partial charge in [0.15, 0.2) is 6.29 Å². The van der Waals surface area contributed by atoms with Crippen LogP contribution in [0.15, 0.2) is 42.6 Å². The van der Waals surface area contributed by atoms with Crippen LogP contribution in [0.1, 0.15) is 40.3 Å². The van der Waals surface area contributed by atoms with Crippen LogP contribution in [-0.2, 0) is 4.74 Å². The standard InChI is InChI=1S/C21H21NO4/c1-4-25-15-9-10-16(14(3)12-15)19-18(13-23)22-11-7-6-8-17(22)20(19)21(24)26-5-2/h6-13H,4-5H2,1-3H3. The summed E-state index contributed by atoms with van der Waals surface area (Å²) in [7, 11) is 0. The molecule has 26 heavy (non-hydrogen) atoms. The highest BCUT2D eigenvalue weighted by Crippen LogP contribution is 2.36. The number of pyridine rings is 1. The van der Waals surface area contributed by atoms with E-state index in [1.807, 2.05) is 50.2 Å². The van der Waals surface area contributed by atoms with E-state index in [0.717, 1.165) is 23.2 Å². The summed E-state index contributed by atoms with van der Waals surface area (Å²) in [6, 6.07) is 11.1. The van der Waals surface area contributed by atoms with Crippen LogP contribution in [0, 0.1) is 6.92 Å². The third-order valence-electron chi connectivity index (χ3n) is 4.25. The number of esters is 1. The number of ether oxygens (including phenoxy) is 2. The van der Waals surface area contributed by atoms with Gasteiger partial charge in [-0.15, -0.1) is 0 Å². The molecule has 1 aromatic carbocycles. The van der Waals surface area contributed by atoms with Crippen LogP contribution in [0.4, 0.5) is 0 Å². The van der Waals surface area contributed by atoms with Crippen LogP contribution < -0.4 is 4.74 Å². The number of hydrogen-bond donors (Lipinski definition) is 0. The predicted molar refractivity (Wildman–Crippen MR) is 100 cm³/mol. The van der Waals surface area contributed by atoms with E-state index in [4.69, 9.17) is 9.47 Å². The molecule has 0 bridgehead atoms. The van der Waals surface area contributed by atoms with Gasteiger partial charge in [-0.1, -0.05) is 12.1 Å². The number of carbonyl (C=O) groups excluding carboxylic acids is 2. The number of nitrogens with zero attached hydrogens (tertiary/aromatic N) is 1. The molecule has 0 radical (unpaired) electrons. The maximum absolute atomic E-state index is 12.7. The lowest BCUT2D eigenvalue weighted by molar-refractivity contribution is 0.0529. The zero-order valence-corrected chi connectivity index (χ0v) is 15.1. The molecule has 0 saturated heterocycles. The molecule has 5 nitrogen and oxygen atoms in total. The Kier molecular flexibility index (Phi) is 5.07. The van der Waals surface area contributed by atoms with Crippen molar-refractivity contribution >= 4 is 17.8 Å². The largest absolute Gasteiger partial charge is 0.494 e. The van der Waals surface area contributed by atoms with E-state index in [9.17, 15) is 9.59 Å². The normalized spacial score (nSPS) is 10.7. The van der Waals surface area contributed by atoms with Gasteiger partial charge < -0.3 is 13.9 Å². The van der Waals surface area contributed by atoms with E-state index in [0.29, 0.717) is 28.9 Å². The number of benzene rings is 1. The fraction of sp³-hybridized carbons (Fsp3) is 0.238. The van der Waals surface area contributed by atoms with Crippen LogP contribution in [0.25, 0.3) is 16.6 Å². The Balaban J connectivity index is 2.32. The van der Waals surface area contributed by atoms with Gasteiger partial charge in [0.2, 0.25) is 0 Å². The van der Waals surface area contributed by atoms with E-state index >= 15 is 0 Å². The van der Waals surface area contributed by atoms with Crippen LogP contribution in [-0.4, -0.2) is 29.9 Å². The molecule has 3 rings (SSSR count). The van der Waals surface area contributed by atoms with Crippen molar-refractivity contribution in [2.45, 2.75) is 20.8 Å². The van der Waals surface area contributed by atoms with Gasteiger partial charge in [-0.3, -0.25) is 4.79 Å². The molecule has 2 heterocycles. The molecule has 0 fully saturated rings. The first-order valence-electron chi connectivity index (χ1n) is 8.61. The van der Waals surface area contributed by atoms with Crippen LogP contribution in [0.3, 0.4) is 0 Å². The van der Waals surface area contributed by atoms with Crippen LogP contribution in [0.2, 0.25) is 0 Å². The Morgan fingerprint density at radius 1 is 1.15 bits per heavy atom. The molecule has 0 aliphatic heterocycles. The first-order valence-corrected chi connectivity index (χ1v) is 8.61. The van der Waals surface area contributed by atoms with Crippen molar-refractivity contribution in [1.82, 2.24) is 4.40 Å². The summed E-state index contributed by atoms with van der Waals surface area (Å²) in [4.78, 5) is 24.6. The molecule has 5 heteroatoms. The maximum Gasteiger partial charge on any atom is 0.340 e. The maximum atomic E-state index is 12.7. The zero-order chi connectivity index (χ0) is 18.7. The Morgan fingerprint density at radius 2 is 1.96 bits per heavy atom. The fourth-order valence-corrected chi connectivity index (χ4v) is 3.20. The summed E-state index contributed by atoms with van der Waals surface area (Å²) in [5, 5.41) is 0. The summed E-state index contributed by atoms with van der Waals surface area (Å²) in [6.45, 7) is 6.46. The first kappa shape index (κ1) is 17.7. The second kappa shape index (κ2) is 7.44. The van der Waals surface area contributed by atoms with Gasteiger partial charge in [-0.2, -0.15) is 0 Å². The van der Waals surface area contributed by atoms with Crippen molar-refractivity contribution in [2.75, 3.05) is 13.2 Å². The van der Waals surface area contributed by atoms with Gasteiger partial charge in [0.25, 0.3) is 0 Å². The molecule has 0 amide bonds. The molecule has 3 aromatic rings. The molecule has 2 aromatic heterocycles. The van der Waals surface area contributed by atoms with Crippen molar-refractivity contribution < 1.29 is 19.1 Å². The second-order valence-electron chi connectivity index (χ2n) is 5.84. The van der Waals surface area contributed by atoms with Crippen LogP contribution >= 0.6 is 0 Å². The quantitative estimate of drug-likeness (QED) is 0.491. The molecule has 134 valence electrons. The fourth-order valence-electron chi connectivity index (χ4n) is 3.20. The summed E-state index contributed by atoms with van der Waals surface area (Å²) in [5.74, 6) is 0.315. The minimum Gasteiger partial charge on any atom is -0.494 e. The lowest BCUT2D eigenvalue weighted by Gasteiger charge is -2.11. The molecule has 0 aliphatic carbocycles. The number of aromatic nitrogens is 1. The summed E-state index contributed by atoms with van der Waals surface area (Å²) >= 11 is 0. The Bertz CT molecular complexity index is 972. The molecule has 0 unspecified atom stereocenters. The average molecular weight is 351 g/mol. The number of aldehydes is 1. The summed E-state index contributed by atoms with van der Waals surface area (Å²) < 4.78 is 12.5. The number of rotatable bonds is 6. The van der Waals surface area contributed by atoms with E-state index < -0.39 is 5.97 Å². The Morgan fingerprint density at radius 3 is 2.62 bits per heavy atom. The Hall–Kier alpha value is -3.08. The molecule has 0 aliphatic rings. The molecule has 0 N–H and O–H groups in total. The van der Waals surface area contributed by atoms with E-state index in [1.54, 1.807) is 17.5 Å². The minimum absolute atomic E-state index is 0.265.